The van der Waals surface area contributed by atoms with E-state index in [2.05, 4.69) is 9.71 Å². The van der Waals surface area contributed by atoms with Crippen LogP contribution in [0.15, 0.2) is 84.0 Å². The van der Waals surface area contributed by atoms with Crippen molar-refractivity contribution in [3.8, 4) is 0 Å². The molecule has 0 fully saturated rings. The van der Waals surface area contributed by atoms with Crippen molar-refractivity contribution < 1.29 is 22.0 Å². The largest absolute Gasteiger partial charge is 0.337 e. The van der Waals surface area contributed by atoms with Gasteiger partial charge in [-0.3, -0.25) is 4.79 Å². The first kappa shape index (κ1) is 29.6. The number of rotatable bonds is 9. The highest BCUT2D eigenvalue weighted by atomic mass is 32.2. The molecule has 7 nitrogen and oxygen atoms in total. The van der Waals surface area contributed by atoms with E-state index in [0.717, 1.165) is 22.8 Å². The summed E-state index contributed by atoms with van der Waals surface area (Å²) in [7, 11) is -2.16. The molecule has 1 aromatic heterocycles. The lowest BCUT2D eigenvalue weighted by Crippen LogP contribution is -2.32. The zero-order chi connectivity index (χ0) is 30.2. The number of anilines is 1. The summed E-state index contributed by atoms with van der Waals surface area (Å²) in [5, 5.41) is 0. The van der Waals surface area contributed by atoms with Crippen molar-refractivity contribution in [2.24, 2.45) is 7.05 Å². The van der Waals surface area contributed by atoms with Gasteiger partial charge in [-0.15, -0.1) is 0 Å². The first-order chi connectivity index (χ1) is 19.8. The molecular formula is C32H34F2N4O3S. The van der Waals surface area contributed by atoms with Crippen LogP contribution in [-0.4, -0.2) is 23.9 Å². The van der Waals surface area contributed by atoms with Gasteiger partial charge in [0.25, 0.3) is 0 Å². The van der Waals surface area contributed by atoms with Gasteiger partial charge in [-0.1, -0.05) is 45.0 Å². The zero-order valence-electron chi connectivity index (χ0n) is 24.0. The Kier molecular flexibility index (Phi) is 8.04. The number of halogens is 2. The molecule has 0 saturated heterocycles. The van der Waals surface area contributed by atoms with Crippen LogP contribution in [0.4, 0.5) is 14.5 Å². The third kappa shape index (κ3) is 6.15. The molecule has 1 N–H and O–H groups in total. The molecule has 1 amide bonds. The fourth-order valence-corrected chi connectivity index (χ4v) is 6.89. The monoisotopic (exact) mass is 592 g/mol. The Labute approximate surface area is 245 Å². The number of carbonyl (C=O) groups is 1. The molecule has 42 heavy (non-hydrogen) atoms. The number of imidazole rings is 1. The molecule has 4 aromatic rings. The van der Waals surface area contributed by atoms with Crippen LogP contribution in [0, 0.1) is 11.6 Å². The lowest BCUT2D eigenvalue weighted by Gasteiger charge is -2.26. The van der Waals surface area contributed by atoms with Gasteiger partial charge >= 0.3 is 0 Å². The summed E-state index contributed by atoms with van der Waals surface area (Å²) in [5.41, 5.74) is 2.86. The lowest BCUT2D eigenvalue weighted by atomic mass is 9.86. The third-order valence-electron chi connectivity index (χ3n) is 8.01. The van der Waals surface area contributed by atoms with Crippen molar-refractivity contribution in [1.82, 2.24) is 14.3 Å². The van der Waals surface area contributed by atoms with Gasteiger partial charge in [0.05, 0.1) is 11.4 Å². The van der Waals surface area contributed by atoms with Gasteiger partial charge in [0.2, 0.25) is 15.9 Å². The predicted octanol–water partition coefficient (Wildman–Crippen LogP) is 6.13. The first-order valence-corrected chi connectivity index (χ1v) is 15.3. The van der Waals surface area contributed by atoms with Gasteiger partial charge in [0, 0.05) is 37.6 Å². The predicted molar refractivity (Wildman–Crippen MR) is 157 cm³/mol. The van der Waals surface area contributed by atoms with Crippen molar-refractivity contribution >= 4 is 21.6 Å². The third-order valence-corrected chi connectivity index (χ3v) is 9.48. The van der Waals surface area contributed by atoms with Crippen molar-refractivity contribution in [2.75, 3.05) is 4.90 Å². The number of carbonyl (C=O) groups excluding carboxylic acids is 1. The number of aromatic nitrogens is 2. The Morgan fingerprint density at radius 1 is 1.10 bits per heavy atom. The van der Waals surface area contributed by atoms with E-state index in [9.17, 15) is 22.0 Å². The summed E-state index contributed by atoms with van der Waals surface area (Å²) in [6, 6.07) is 16.2. The Morgan fingerprint density at radius 3 is 2.50 bits per heavy atom. The normalized spacial score (nSPS) is 16.7. The number of sulfonamides is 1. The van der Waals surface area contributed by atoms with Gasteiger partial charge in [0.1, 0.15) is 17.5 Å². The number of hydrogen-bond acceptors (Lipinski definition) is 4. The zero-order valence-corrected chi connectivity index (χ0v) is 24.8. The summed E-state index contributed by atoms with van der Waals surface area (Å²) < 4.78 is 58.4. The molecule has 0 unspecified atom stereocenters. The highest BCUT2D eigenvalue weighted by Crippen LogP contribution is 2.46. The molecule has 1 aliphatic carbocycles. The highest BCUT2D eigenvalue weighted by molar-refractivity contribution is 7.89. The minimum atomic E-state index is -4.02. The number of nitrogens with one attached hydrogen (secondary N) is 1. The Morgan fingerprint density at radius 2 is 1.83 bits per heavy atom. The van der Waals surface area contributed by atoms with Crippen molar-refractivity contribution in [1.29, 1.82) is 0 Å². The fraction of sp³-hybridized carbons (Fsp3) is 0.312. The van der Waals surface area contributed by atoms with Gasteiger partial charge in [0.15, 0.2) is 0 Å². The fourth-order valence-electron chi connectivity index (χ4n) is 5.64. The summed E-state index contributed by atoms with van der Waals surface area (Å²) in [6.45, 7) is 6.22. The Balaban J connectivity index is 1.49. The molecule has 0 bridgehead atoms. The summed E-state index contributed by atoms with van der Waals surface area (Å²) in [6.07, 6.45) is 4.15. The number of nitrogens with zero attached hydrogens (tertiary/aromatic N) is 3. The standard InChI is InChI=1S/C32H34F2N4O3S/c1-21(22-8-10-23(33)11-9-22)16-31(39)38(20-30-35-14-15-37(30)4)25-12-13-28-27(18-25)29(19-32(28,2)3)36-42(40,41)26-7-5-6-24(34)17-26/h5-15,17-18,21,29,36H,16,19-20H2,1-4H3/t21-,29-/m0/s1. The number of amides is 1. The Bertz CT molecular complexity index is 1720. The Hall–Kier alpha value is -3.89. The molecule has 1 heterocycles. The van der Waals surface area contributed by atoms with Crippen molar-refractivity contribution in [2.45, 2.75) is 62.4 Å². The molecule has 2 atom stereocenters. The van der Waals surface area contributed by atoms with Crippen LogP contribution in [-0.2, 0) is 33.8 Å². The van der Waals surface area contributed by atoms with Gasteiger partial charge in [-0.05, 0) is 76.9 Å². The maximum atomic E-state index is 13.9. The minimum Gasteiger partial charge on any atom is -0.337 e. The maximum absolute atomic E-state index is 13.9. The molecule has 1 aliphatic rings. The average molecular weight is 593 g/mol. The van der Waals surface area contributed by atoms with E-state index in [1.165, 1.54) is 30.3 Å². The van der Waals surface area contributed by atoms with Crippen LogP contribution in [0.3, 0.4) is 0 Å². The molecule has 5 rings (SSSR count). The van der Waals surface area contributed by atoms with Crippen LogP contribution in [0.2, 0.25) is 0 Å². The van der Waals surface area contributed by atoms with Crippen LogP contribution in [0.1, 0.15) is 68.1 Å². The quantitative estimate of drug-likeness (QED) is 0.254. The van der Waals surface area contributed by atoms with E-state index in [4.69, 9.17) is 0 Å². The van der Waals surface area contributed by atoms with E-state index >= 15 is 0 Å². The van der Waals surface area contributed by atoms with E-state index in [1.807, 2.05) is 56.8 Å². The summed E-state index contributed by atoms with van der Waals surface area (Å²) >= 11 is 0. The number of fused-ring (bicyclic) bond motifs is 1. The van der Waals surface area contributed by atoms with E-state index in [0.29, 0.717) is 17.9 Å². The molecule has 0 saturated carbocycles. The van der Waals surface area contributed by atoms with Gasteiger partial charge in [-0.25, -0.2) is 26.9 Å². The lowest BCUT2D eigenvalue weighted by molar-refractivity contribution is -0.119. The SMILES string of the molecule is C[C@@H](CC(=O)N(Cc1nccn1C)c1ccc2c(c1)[C@@H](NS(=O)(=O)c1cccc(F)c1)CC2(C)C)c1ccc(F)cc1. The van der Waals surface area contributed by atoms with Crippen LogP contribution in [0.25, 0.3) is 0 Å². The maximum Gasteiger partial charge on any atom is 0.241 e. The summed E-state index contributed by atoms with van der Waals surface area (Å²) in [5.74, 6) is -0.602. The van der Waals surface area contributed by atoms with Crippen LogP contribution in [0.5, 0.6) is 0 Å². The second-order valence-electron chi connectivity index (χ2n) is 11.6. The average Bonchev–Trinajstić information content (AvgIpc) is 3.45. The highest BCUT2D eigenvalue weighted by Gasteiger charge is 2.39. The first-order valence-electron chi connectivity index (χ1n) is 13.8. The van der Waals surface area contributed by atoms with E-state index in [1.54, 1.807) is 23.2 Å². The second kappa shape index (κ2) is 11.4. The van der Waals surface area contributed by atoms with Crippen LogP contribution < -0.4 is 9.62 Å². The number of hydrogen-bond donors (Lipinski definition) is 1. The second-order valence-corrected chi connectivity index (χ2v) is 13.3. The number of aryl methyl sites for hydroxylation is 1. The topological polar surface area (TPSA) is 84.3 Å². The minimum absolute atomic E-state index is 0.147. The van der Waals surface area contributed by atoms with E-state index in [-0.39, 0.29) is 40.9 Å². The smallest absolute Gasteiger partial charge is 0.241 e. The van der Waals surface area contributed by atoms with Crippen LogP contribution >= 0.6 is 0 Å². The number of benzene rings is 3. The molecule has 10 heteroatoms. The molecule has 220 valence electrons. The van der Waals surface area contributed by atoms with Crippen molar-refractivity contribution in [3.63, 3.8) is 0 Å². The molecule has 0 radical (unpaired) electrons. The molecular weight excluding hydrogens is 558 g/mol. The van der Waals surface area contributed by atoms with E-state index < -0.39 is 21.9 Å². The molecule has 0 aliphatic heterocycles. The van der Waals surface area contributed by atoms with Gasteiger partial charge < -0.3 is 9.47 Å². The molecule has 0 spiro atoms. The summed E-state index contributed by atoms with van der Waals surface area (Å²) in [4.78, 5) is 19.8. The van der Waals surface area contributed by atoms with Crippen molar-refractivity contribution in [3.05, 3.63) is 113 Å². The van der Waals surface area contributed by atoms with Gasteiger partial charge in [-0.2, -0.15) is 0 Å². The molecule has 3 aromatic carbocycles.